The Kier molecular flexibility index (Phi) is 3.04. The summed E-state index contributed by atoms with van der Waals surface area (Å²) >= 11 is 0. The lowest BCUT2D eigenvalue weighted by molar-refractivity contribution is -0.187. The van der Waals surface area contributed by atoms with Crippen LogP contribution in [-0.2, 0) is 19.6 Å². The van der Waals surface area contributed by atoms with Crippen molar-refractivity contribution in [3.63, 3.8) is 0 Å². The molecule has 5 nitrogen and oxygen atoms in total. The topological polar surface area (TPSA) is 80.7 Å². The Morgan fingerprint density at radius 1 is 1.17 bits per heavy atom. The van der Waals surface area contributed by atoms with Gasteiger partial charge in [0.25, 0.3) is 0 Å². The number of hydrogen-bond donors (Lipinski definition) is 1. The lowest BCUT2D eigenvalue weighted by Gasteiger charge is -2.56. The Bertz CT molecular complexity index is 657. The van der Waals surface area contributed by atoms with Gasteiger partial charge < -0.3 is 4.74 Å². The van der Waals surface area contributed by atoms with E-state index in [1.54, 1.807) is 0 Å². The summed E-state index contributed by atoms with van der Waals surface area (Å²) in [6.45, 7) is -0.692. The van der Waals surface area contributed by atoms with Crippen LogP contribution in [0.2, 0.25) is 0 Å². The third-order valence-corrected chi connectivity index (χ3v) is 7.91. The summed E-state index contributed by atoms with van der Waals surface area (Å²) in [5.41, 5.74) is -0.510. The van der Waals surface area contributed by atoms with Gasteiger partial charge in [-0.15, -0.1) is 0 Å². The smallest absolute Gasteiger partial charge is 0.373 e. The van der Waals surface area contributed by atoms with Gasteiger partial charge in [0.15, 0.2) is 0 Å². The molecule has 4 aliphatic carbocycles. The van der Waals surface area contributed by atoms with E-state index in [0.29, 0.717) is 17.8 Å². The molecule has 1 spiro atoms. The van der Waals surface area contributed by atoms with Gasteiger partial charge in [-0.3, -0.25) is 9.35 Å². The summed E-state index contributed by atoms with van der Waals surface area (Å²) in [7, 11) is -5.47. The van der Waals surface area contributed by atoms with E-state index < -0.39 is 39.8 Å². The second kappa shape index (κ2) is 4.45. The number of carbonyl (C=O) groups excluding carboxylic acids is 1. The number of halogens is 2. The average Bonchev–Trinajstić information content (AvgIpc) is 2.73. The van der Waals surface area contributed by atoms with Crippen molar-refractivity contribution in [1.29, 1.82) is 0 Å². The molecule has 4 fully saturated rings. The minimum absolute atomic E-state index is 0.0171. The summed E-state index contributed by atoms with van der Waals surface area (Å²) < 4.78 is 61.1. The Morgan fingerprint density at radius 2 is 1.87 bits per heavy atom. The molecule has 4 rings (SSSR count). The third-order valence-electron chi connectivity index (χ3n) is 6.95. The molecule has 5 unspecified atom stereocenters. The number of rotatable bonds is 5. The standard InChI is InChI=1S/C15H20F2O5S/c16-15(17,23(19,20)21)1-2-22-12(18)14-7-10-3-9-4-11(8-14)13(14,5-9)6-10/h9-11H,1-8H2,(H,19,20,21). The van der Waals surface area contributed by atoms with Gasteiger partial charge in [0.2, 0.25) is 0 Å². The van der Waals surface area contributed by atoms with E-state index in [-0.39, 0.29) is 5.41 Å². The zero-order chi connectivity index (χ0) is 16.7. The molecular weight excluding hydrogens is 330 g/mol. The molecule has 0 aromatic carbocycles. The van der Waals surface area contributed by atoms with Gasteiger partial charge in [-0.2, -0.15) is 17.2 Å². The molecular formula is C15H20F2O5S. The van der Waals surface area contributed by atoms with E-state index in [9.17, 15) is 22.0 Å². The highest BCUT2D eigenvalue weighted by Crippen LogP contribution is 2.81. The molecule has 0 radical (unpaired) electrons. The first-order valence-electron chi connectivity index (χ1n) is 8.12. The molecule has 23 heavy (non-hydrogen) atoms. The van der Waals surface area contributed by atoms with Gasteiger partial charge in [0, 0.05) is 0 Å². The van der Waals surface area contributed by atoms with Gasteiger partial charge in [0.1, 0.15) is 0 Å². The van der Waals surface area contributed by atoms with Crippen molar-refractivity contribution >= 4 is 16.1 Å². The molecule has 8 heteroatoms. The summed E-state index contributed by atoms with van der Waals surface area (Å²) in [6.07, 6.45) is 4.78. The van der Waals surface area contributed by atoms with Crippen LogP contribution in [0.1, 0.15) is 44.9 Å². The van der Waals surface area contributed by atoms with Crippen molar-refractivity contribution < 1.29 is 31.3 Å². The van der Waals surface area contributed by atoms with Crippen molar-refractivity contribution in [2.45, 2.75) is 50.2 Å². The molecule has 3 bridgehead atoms. The quantitative estimate of drug-likeness (QED) is 0.609. The predicted octanol–water partition coefficient (Wildman–Crippen LogP) is 2.62. The molecule has 4 aliphatic rings. The van der Waals surface area contributed by atoms with Crippen LogP contribution in [0, 0.1) is 28.6 Å². The van der Waals surface area contributed by atoms with Crippen molar-refractivity contribution in [2.24, 2.45) is 28.6 Å². The van der Waals surface area contributed by atoms with Gasteiger partial charge in [0.05, 0.1) is 18.4 Å². The fourth-order valence-electron chi connectivity index (χ4n) is 6.28. The van der Waals surface area contributed by atoms with E-state index in [2.05, 4.69) is 0 Å². The number of fused-ring (bicyclic) bond motifs is 2. The Balaban J connectivity index is 1.43. The number of hydrogen-bond acceptors (Lipinski definition) is 4. The zero-order valence-electron chi connectivity index (χ0n) is 12.6. The van der Waals surface area contributed by atoms with Crippen molar-refractivity contribution in [2.75, 3.05) is 6.61 Å². The maximum Gasteiger partial charge on any atom is 0.373 e. The normalized spacial score (nSPS) is 44.0. The van der Waals surface area contributed by atoms with Crippen LogP contribution in [0.15, 0.2) is 0 Å². The average molecular weight is 350 g/mol. The van der Waals surface area contributed by atoms with E-state index in [4.69, 9.17) is 9.29 Å². The van der Waals surface area contributed by atoms with Gasteiger partial charge in [-0.25, -0.2) is 0 Å². The van der Waals surface area contributed by atoms with Crippen LogP contribution >= 0.6 is 0 Å². The largest absolute Gasteiger partial charge is 0.465 e. The highest BCUT2D eigenvalue weighted by atomic mass is 32.2. The van der Waals surface area contributed by atoms with E-state index in [1.165, 1.54) is 6.42 Å². The molecule has 1 N–H and O–H groups in total. The van der Waals surface area contributed by atoms with Crippen molar-refractivity contribution in [3.05, 3.63) is 0 Å². The molecule has 130 valence electrons. The first-order chi connectivity index (χ1) is 10.6. The highest BCUT2D eigenvalue weighted by Gasteiger charge is 2.77. The van der Waals surface area contributed by atoms with E-state index in [1.807, 2.05) is 0 Å². The van der Waals surface area contributed by atoms with E-state index in [0.717, 1.165) is 32.1 Å². The summed E-state index contributed by atoms with van der Waals surface area (Å²) in [5.74, 6) is 1.35. The monoisotopic (exact) mass is 350 g/mol. The lowest BCUT2D eigenvalue weighted by atomic mass is 9.46. The minimum Gasteiger partial charge on any atom is -0.465 e. The maximum atomic E-state index is 13.2. The predicted molar refractivity (Wildman–Crippen MR) is 75.1 cm³/mol. The number of alkyl halides is 2. The SMILES string of the molecule is O=C(OCCC(F)(F)S(=O)(=O)O)C12CC3CC4CC(C1)C2(C4)C3. The van der Waals surface area contributed by atoms with Crippen molar-refractivity contribution in [1.82, 2.24) is 0 Å². The fourth-order valence-corrected chi connectivity index (χ4v) is 6.62. The number of carbonyl (C=O) groups is 1. The summed E-state index contributed by atoms with van der Waals surface area (Å²) in [5, 5.41) is -4.28. The number of ether oxygens (including phenoxy) is 1. The summed E-state index contributed by atoms with van der Waals surface area (Å²) in [6, 6.07) is 0. The maximum absolute atomic E-state index is 13.2. The van der Waals surface area contributed by atoms with Gasteiger partial charge in [-0.05, 0) is 61.7 Å². The van der Waals surface area contributed by atoms with Crippen LogP contribution in [0.4, 0.5) is 8.78 Å². The molecule has 0 heterocycles. The highest BCUT2D eigenvalue weighted by molar-refractivity contribution is 7.86. The summed E-state index contributed by atoms with van der Waals surface area (Å²) in [4.78, 5) is 12.6. The third kappa shape index (κ3) is 1.91. The van der Waals surface area contributed by atoms with Crippen LogP contribution in [0.25, 0.3) is 0 Å². The Hall–Kier alpha value is -0.760. The fraction of sp³-hybridized carbons (Fsp3) is 0.933. The Labute approximate surface area is 133 Å². The minimum atomic E-state index is -5.47. The van der Waals surface area contributed by atoms with Crippen LogP contribution in [0.5, 0.6) is 0 Å². The zero-order valence-corrected chi connectivity index (χ0v) is 13.4. The van der Waals surface area contributed by atoms with Crippen LogP contribution in [-0.4, -0.2) is 30.8 Å². The molecule has 0 aromatic heterocycles. The van der Waals surface area contributed by atoms with Gasteiger partial charge in [-0.1, -0.05) is 0 Å². The molecule has 0 aromatic rings. The first-order valence-corrected chi connectivity index (χ1v) is 9.56. The van der Waals surface area contributed by atoms with Crippen LogP contribution < -0.4 is 0 Å². The molecule has 0 saturated heterocycles. The first kappa shape index (κ1) is 15.7. The second-order valence-electron chi connectivity index (χ2n) is 7.95. The molecule has 5 atom stereocenters. The van der Waals surface area contributed by atoms with Gasteiger partial charge >= 0.3 is 21.3 Å². The van der Waals surface area contributed by atoms with Crippen molar-refractivity contribution in [3.8, 4) is 0 Å². The molecule has 0 aliphatic heterocycles. The number of esters is 1. The van der Waals surface area contributed by atoms with E-state index >= 15 is 0 Å². The Morgan fingerprint density at radius 3 is 2.57 bits per heavy atom. The molecule has 4 saturated carbocycles. The molecule has 0 amide bonds. The second-order valence-corrected chi connectivity index (χ2v) is 9.50. The lowest BCUT2D eigenvalue weighted by Crippen LogP contribution is -2.57. The van der Waals surface area contributed by atoms with Crippen LogP contribution in [0.3, 0.4) is 0 Å².